The number of methoxy groups -OCH3 is 1. The van der Waals surface area contributed by atoms with Crippen molar-refractivity contribution in [2.24, 2.45) is 0 Å². The van der Waals surface area contributed by atoms with Gasteiger partial charge in [0.15, 0.2) is 0 Å². The number of hydrogen-bond donors (Lipinski definition) is 3. The third kappa shape index (κ3) is 4.47. The molecule has 0 aliphatic heterocycles. The van der Waals surface area contributed by atoms with Crippen LogP contribution in [-0.4, -0.2) is 32.4 Å². The summed E-state index contributed by atoms with van der Waals surface area (Å²) in [5.74, 6) is 0.905. The first-order valence-electron chi connectivity index (χ1n) is 10.9. The van der Waals surface area contributed by atoms with Gasteiger partial charge in [-0.3, -0.25) is 9.20 Å². The van der Waals surface area contributed by atoms with Gasteiger partial charge in [-0.15, -0.1) is 0 Å². The second-order valence-electron chi connectivity index (χ2n) is 7.85. The molecule has 0 saturated carbocycles. The van der Waals surface area contributed by atoms with Crippen molar-refractivity contribution in [1.82, 2.24) is 19.4 Å². The Balaban J connectivity index is 1.36. The van der Waals surface area contributed by atoms with Gasteiger partial charge in [0.05, 0.1) is 41.8 Å². The predicted molar refractivity (Wildman–Crippen MR) is 136 cm³/mol. The number of carbonyl (C=O) groups is 1. The molecular formula is C26H23N7O2. The van der Waals surface area contributed by atoms with Gasteiger partial charge < -0.3 is 21.1 Å². The largest absolute Gasteiger partial charge is 0.495 e. The number of hydrogen-bond acceptors (Lipinski definition) is 7. The number of nitrogen functional groups attached to an aromatic ring is 1. The molecule has 5 rings (SSSR count). The van der Waals surface area contributed by atoms with Crippen molar-refractivity contribution < 1.29 is 9.53 Å². The third-order valence-electron chi connectivity index (χ3n) is 5.51. The fourth-order valence-electron chi connectivity index (χ4n) is 3.76. The summed E-state index contributed by atoms with van der Waals surface area (Å²) in [7, 11) is 1.63. The van der Waals surface area contributed by atoms with Crippen LogP contribution in [0.3, 0.4) is 0 Å². The Morgan fingerprint density at radius 1 is 1.00 bits per heavy atom. The zero-order valence-corrected chi connectivity index (χ0v) is 19.2. The highest BCUT2D eigenvalue weighted by atomic mass is 16.5. The molecule has 0 saturated heterocycles. The van der Waals surface area contributed by atoms with Crippen LogP contribution in [0, 0.1) is 6.92 Å². The van der Waals surface area contributed by atoms with Gasteiger partial charge in [-0.2, -0.15) is 0 Å². The van der Waals surface area contributed by atoms with E-state index >= 15 is 0 Å². The number of rotatable bonds is 6. The second kappa shape index (κ2) is 9.14. The number of nitrogens with two attached hydrogens (primary N) is 1. The molecule has 0 fully saturated rings. The predicted octanol–water partition coefficient (Wildman–Crippen LogP) is 4.69. The summed E-state index contributed by atoms with van der Waals surface area (Å²) in [6.07, 6.45) is 3.57. The molecule has 9 nitrogen and oxygen atoms in total. The molecule has 5 aromatic rings. The van der Waals surface area contributed by atoms with Gasteiger partial charge in [0.25, 0.3) is 5.91 Å². The lowest BCUT2D eigenvalue weighted by Crippen LogP contribution is -2.13. The van der Waals surface area contributed by atoms with E-state index in [4.69, 9.17) is 10.5 Å². The molecule has 0 aliphatic rings. The molecule has 0 unspecified atom stereocenters. The molecule has 4 N–H and O–H groups in total. The molecule has 174 valence electrons. The minimum absolute atomic E-state index is 0.244. The van der Waals surface area contributed by atoms with Crippen molar-refractivity contribution in [3.05, 3.63) is 90.4 Å². The number of amides is 1. The van der Waals surface area contributed by atoms with Crippen molar-refractivity contribution in [3.8, 4) is 17.1 Å². The molecule has 3 heterocycles. The van der Waals surface area contributed by atoms with Crippen LogP contribution in [0.4, 0.5) is 23.0 Å². The molecule has 0 spiro atoms. The summed E-state index contributed by atoms with van der Waals surface area (Å²) in [5, 5.41) is 6.01. The number of benzene rings is 2. The third-order valence-corrected chi connectivity index (χ3v) is 5.51. The van der Waals surface area contributed by atoms with Crippen molar-refractivity contribution in [3.63, 3.8) is 0 Å². The quantitative estimate of drug-likeness (QED) is 0.311. The van der Waals surface area contributed by atoms with E-state index in [1.54, 1.807) is 49.7 Å². The number of nitrogens with one attached hydrogen (secondary N) is 2. The van der Waals surface area contributed by atoms with E-state index in [-0.39, 0.29) is 5.91 Å². The molecule has 2 aromatic carbocycles. The number of imidazole rings is 1. The van der Waals surface area contributed by atoms with Gasteiger partial charge in [-0.05, 0) is 61.5 Å². The lowest BCUT2D eigenvalue weighted by Gasteiger charge is -2.10. The first kappa shape index (κ1) is 21.9. The van der Waals surface area contributed by atoms with Gasteiger partial charge in [0.1, 0.15) is 11.4 Å². The minimum atomic E-state index is -0.244. The number of aromatic nitrogens is 4. The maximum atomic E-state index is 12.6. The first-order chi connectivity index (χ1) is 17.0. The number of para-hydroxylation sites is 2. The van der Waals surface area contributed by atoms with Gasteiger partial charge >= 0.3 is 0 Å². The van der Waals surface area contributed by atoms with Crippen molar-refractivity contribution in [2.75, 3.05) is 23.5 Å². The van der Waals surface area contributed by atoms with Crippen LogP contribution in [-0.2, 0) is 0 Å². The highest BCUT2D eigenvalue weighted by Crippen LogP contribution is 2.26. The van der Waals surface area contributed by atoms with E-state index in [1.165, 1.54) is 0 Å². The van der Waals surface area contributed by atoms with Crippen molar-refractivity contribution in [1.29, 1.82) is 0 Å². The number of ether oxygens (including phenoxy) is 1. The SMILES string of the molecule is COc1ccc2nc(C)c(-c3ccnc(Nc4ccc(C(=O)Nc5ccccc5N)cc4)n3)n2c1. The Bertz CT molecular complexity index is 1530. The molecule has 0 atom stereocenters. The Labute approximate surface area is 201 Å². The lowest BCUT2D eigenvalue weighted by atomic mass is 10.2. The van der Waals surface area contributed by atoms with E-state index in [0.717, 1.165) is 34.2 Å². The van der Waals surface area contributed by atoms with Gasteiger partial charge in [-0.25, -0.2) is 15.0 Å². The summed E-state index contributed by atoms with van der Waals surface area (Å²) in [5.41, 5.74) is 11.5. The molecule has 3 aromatic heterocycles. The van der Waals surface area contributed by atoms with Crippen LogP contribution >= 0.6 is 0 Å². The first-order valence-corrected chi connectivity index (χ1v) is 10.9. The summed E-state index contributed by atoms with van der Waals surface area (Å²) >= 11 is 0. The van der Waals surface area contributed by atoms with Crippen molar-refractivity contribution in [2.45, 2.75) is 6.92 Å². The molecule has 0 radical (unpaired) electrons. The number of carbonyl (C=O) groups excluding carboxylic acids is 1. The topological polar surface area (TPSA) is 119 Å². The number of nitrogens with zero attached hydrogens (tertiary/aromatic N) is 4. The van der Waals surface area contributed by atoms with E-state index < -0.39 is 0 Å². The number of fused-ring (bicyclic) bond motifs is 1. The Hall–Kier alpha value is -4.92. The van der Waals surface area contributed by atoms with Crippen molar-refractivity contribution >= 4 is 34.6 Å². The fourth-order valence-corrected chi connectivity index (χ4v) is 3.76. The van der Waals surface area contributed by atoms with Crippen LogP contribution in [0.25, 0.3) is 17.0 Å². The lowest BCUT2D eigenvalue weighted by molar-refractivity contribution is 0.102. The average Bonchev–Trinajstić information content (AvgIpc) is 3.20. The van der Waals surface area contributed by atoms with Crippen LogP contribution < -0.4 is 21.1 Å². The minimum Gasteiger partial charge on any atom is -0.495 e. The van der Waals surface area contributed by atoms with Gasteiger partial charge in [0.2, 0.25) is 5.95 Å². The molecule has 35 heavy (non-hydrogen) atoms. The normalized spacial score (nSPS) is 10.8. The zero-order valence-electron chi connectivity index (χ0n) is 19.2. The average molecular weight is 466 g/mol. The molecule has 0 aliphatic carbocycles. The van der Waals surface area contributed by atoms with E-state index in [1.807, 2.05) is 47.9 Å². The maximum absolute atomic E-state index is 12.6. The summed E-state index contributed by atoms with van der Waals surface area (Å²) < 4.78 is 7.31. The smallest absolute Gasteiger partial charge is 0.255 e. The number of pyridine rings is 1. The Morgan fingerprint density at radius 2 is 1.80 bits per heavy atom. The zero-order chi connectivity index (χ0) is 24.4. The van der Waals surface area contributed by atoms with Crippen LogP contribution in [0.15, 0.2) is 79.1 Å². The standard InChI is InChI=1S/C26H23N7O2/c1-16-24(33-15-19(35-2)11-12-23(33)29-16)22-13-14-28-26(32-22)30-18-9-7-17(8-10-18)25(34)31-21-6-4-3-5-20(21)27/h3-15H,27H2,1-2H3,(H,31,34)(H,28,30,32). The molecular weight excluding hydrogens is 442 g/mol. The number of anilines is 4. The fraction of sp³-hybridized carbons (Fsp3) is 0.0769. The summed E-state index contributed by atoms with van der Waals surface area (Å²) in [4.78, 5) is 26.2. The summed E-state index contributed by atoms with van der Waals surface area (Å²) in [6.45, 7) is 1.94. The van der Waals surface area contributed by atoms with Crippen LogP contribution in [0.1, 0.15) is 16.1 Å². The highest BCUT2D eigenvalue weighted by Gasteiger charge is 2.14. The van der Waals surface area contributed by atoms with Gasteiger partial charge in [0, 0.05) is 17.4 Å². The molecule has 0 bridgehead atoms. The molecule has 9 heteroatoms. The van der Waals surface area contributed by atoms with E-state index in [0.29, 0.717) is 22.9 Å². The maximum Gasteiger partial charge on any atom is 0.255 e. The number of aryl methyl sites for hydroxylation is 1. The van der Waals surface area contributed by atoms with Crippen LogP contribution in [0.5, 0.6) is 5.75 Å². The second-order valence-corrected chi connectivity index (χ2v) is 7.85. The highest BCUT2D eigenvalue weighted by molar-refractivity contribution is 6.05. The molecule has 1 amide bonds. The summed E-state index contributed by atoms with van der Waals surface area (Å²) in [6, 6.07) is 19.8. The van der Waals surface area contributed by atoms with E-state index in [9.17, 15) is 4.79 Å². The Morgan fingerprint density at radius 3 is 2.57 bits per heavy atom. The Kier molecular flexibility index (Phi) is 5.72. The van der Waals surface area contributed by atoms with E-state index in [2.05, 4.69) is 25.6 Å². The monoisotopic (exact) mass is 465 g/mol. The van der Waals surface area contributed by atoms with Crippen LogP contribution in [0.2, 0.25) is 0 Å². The van der Waals surface area contributed by atoms with Gasteiger partial charge in [-0.1, -0.05) is 12.1 Å².